The van der Waals surface area contributed by atoms with Gasteiger partial charge in [-0.15, -0.1) is 0 Å². The monoisotopic (exact) mass is 489 g/mol. The summed E-state index contributed by atoms with van der Waals surface area (Å²) in [6.07, 6.45) is 1.51. The summed E-state index contributed by atoms with van der Waals surface area (Å²) >= 11 is 0. The van der Waals surface area contributed by atoms with Crippen LogP contribution in [0.4, 0.5) is 19.0 Å². The first-order valence-electron chi connectivity index (χ1n) is 12.0. The van der Waals surface area contributed by atoms with Crippen LogP contribution in [0.25, 0.3) is 5.57 Å². The van der Waals surface area contributed by atoms with Gasteiger partial charge in [0.25, 0.3) is 6.43 Å². The van der Waals surface area contributed by atoms with E-state index in [4.69, 9.17) is 4.74 Å². The third kappa shape index (κ3) is 4.19. The molecule has 5 rings (SSSR count). The summed E-state index contributed by atoms with van der Waals surface area (Å²) in [7, 11) is 0. The Balaban J connectivity index is 1.48. The lowest BCUT2D eigenvalue weighted by molar-refractivity contribution is -0.0169. The van der Waals surface area contributed by atoms with Gasteiger partial charge in [-0.2, -0.15) is 0 Å². The minimum Gasteiger partial charge on any atom is -0.487 e. The van der Waals surface area contributed by atoms with E-state index in [-0.39, 0.29) is 30.2 Å². The average Bonchev–Trinajstić information content (AvgIpc) is 3.34. The number of aromatic nitrogens is 1. The number of aliphatic hydroxyl groups excluding tert-OH is 2. The molecular weight excluding hydrogens is 459 g/mol. The van der Waals surface area contributed by atoms with E-state index in [0.29, 0.717) is 17.9 Å². The highest BCUT2D eigenvalue weighted by Crippen LogP contribution is 2.43. The molecule has 0 radical (unpaired) electrons. The number of aliphatic imine (C=N–C) groups is 1. The second-order valence-corrected chi connectivity index (χ2v) is 9.68. The Morgan fingerprint density at radius 2 is 2.03 bits per heavy atom. The number of benzene rings is 1. The van der Waals surface area contributed by atoms with E-state index >= 15 is 0 Å². The predicted molar refractivity (Wildman–Crippen MR) is 127 cm³/mol. The standard InChI is InChI=1S/C26H30F3N3O3/c1-13-5-3-4-7-31-26-15(13)6-8-32(26)18-10-20(24(34)23(18)33)35-19-9-16(25(28)29)22(27)21-14(2)11-30-12-17(19)21/h5-9,14,18,20,23-25,30,33-34H,3-4,10-12H2,1-2H3. The summed E-state index contributed by atoms with van der Waals surface area (Å²) in [5, 5.41) is 24.9. The maximum atomic E-state index is 14.9. The Labute approximate surface area is 202 Å². The molecular formula is C26H30F3N3O3. The molecule has 3 heterocycles. The lowest BCUT2D eigenvalue weighted by Crippen LogP contribution is -2.35. The van der Waals surface area contributed by atoms with E-state index < -0.39 is 42.2 Å². The van der Waals surface area contributed by atoms with E-state index in [2.05, 4.69) is 16.4 Å². The van der Waals surface area contributed by atoms with Gasteiger partial charge >= 0.3 is 0 Å². The molecule has 6 nitrogen and oxygen atoms in total. The second-order valence-electron chi connectivity index (χ2n) is 9.68. The number of nitrogens with one attached hydrogen (secondary N) is 1. The van der Waals surface area contributed by atoms with Gasteiger partial charge in [0, 0.05) is 48.6 Å². The minimum atomic E-state index is -3.00. The fraction of sp³-hybridized carbons (Fsp3) is 0.500. The van der Waals surface area contributed by atoms with Gasteiger partial charge in [0.1, 0.15) is 35.7 Å². The molecule has 2 aromatic rings. The molecule has 1 saturated carbocycles. The molecule has 5 atom stereocenters. The number of aliphatic hydroxyl groups is 2. The summed E-state index contributed by atoms with van der Waals surface area (Å²) in [5.41, 5.74) is 2.05. The van der Waals surface area contributed by atoms with Crippen molar-refractivity contribution in [3.63, 3.8) is 0 Å². The average molecular weight is 490 g/mol. The number of alkyl halides is 2. The fourth-order valence-corrected chi connectivity index (χ4v) is 5.50. The van der Waals surface area contributed by atoms with Crippen LogP contribution < -0.4 is 10.1 Å². The van der Waals surface area contributed by atoms with Crippen molar-refractivity contribution in [1.29, 1.82) is 0 Å². The van der Waals surface area contributed by atoms with Crippen LogP contribution in [0.3, 0.4) is 0 Å². The summed E-state index contributed by atoms with van der Waals surface area (Å²) in [4.78, 5) is 4.61. The third-order valence-corrected chi connectivity index (χ3v) is 7.39. The van der Waals surface area contributed by atoms with Crippen LogP contribution in [0.2, 0.25) is 0 Å². The normalized spacial score (nSPS) is 28.3. The Morgan fingerprint density at radius 1 is 1.23 bits per heavy atom. The SMILES string of the molecule is CC1=CCCC=Nc2c1ccn2C1CC(Oc2cc(C(F)F)c(F)c3c2CNCC3C)C(O)C1O. The number of hydrogen-bond acceptors (Lipinski definition) is 5. The smallest absolute Gasteiger partial charge is 0.266 e. The fourth-order valence-electron chi connectivity index (χ4n) is 5.50. The largest absolute Gasteiger partial charge is 0.487 e. The Morgan fingerprint density at radius 3 is 2.80 bits per heavy atom. The predicted octanol–water partition coefficient (Wildman–Crippen LogP) is 4.79. The highest BCUT2D eigenvalue weighted by atomic mass is 19.3. The van der Waals surface area contributed by atoms with Crippen molar-refractivity contribution in [2.45, 2.75) is 76.4 Å². The molecule has 0 amide bonds. The van der Waals surface area contributed by atoms with Crippen LogP contribution in [0.15, 0.2) is 29.4 Å². The molecule has 2 aliphatic heterocycles. The first-order valence-corrected chi connectivity index (χ1v) is 12.0. The minimum absolute atomic E-state index is 0.118. The Hall–Kier alpha value is -2.62. The van der Waals surface area contributed by atoms with Crippen molar-refractivity contribution in [3.8, 4) is 5.75 Å². The molecule has 1 aliphatic carbocycles. The number of fused-ring (bicyclic) bond motifs is 2. The zero-order chi connectivity index (χ0) is 24.9. The first-order chi connectivity index (χ1) is 16.8. The van der Waals surface area contributed by atoms with E-state index in [9.17, 15) is 23.4 Å². The van der Waals surface area contributed by atoms with Crippen molar-refractivity contribution in [2.24, 2.45) is 4.99 Å². The van der Waals surface area contributed by atoms with Crippen molar-refractivity contribution >= 4 is 17.6 Å². The number of hydrogen-bond donors (Lipinski definition) is 3. The van der Waals surface area contributed by atoms with Crippen LogP contribution in [-0.2, 0) is 6.54 Å². The van der Waals surface area contributed by atoms with E-state index in [0.717, 1.165) is 30.0 Å². The molecule has 3 aliphatic rings. The summed E-state index contributed by atoms with van der Waals surface area (Å²) < 4.78 is 50.1. The van der Waals surface area contributed by atoms with E-state index in [1.54, 1.807) is 6.92 Å². The molecule has 0 spiro atoms. The van der Waals surface area contributed by atoms with Gasteiger partial charge in [0.15, 0.2) is 0 Å². The highest BCUT2D eigenvalue weighted by Gasteiger charge is 2.45. The summed E-state index contributed by atoms with van der Waals surface area (Å²) in [6, 6.07) is 2.45. The molecule has 1 fully saturated rings. The maximum absolute atomic E-state index is 14.9. The van der Waals surface area contributed by atoms with Crippen LogP contribution in [0.1, 0.15) is 73.7 Å². The molecule has 1 aromatic carbocycles. The zero-order valence-corrected chi connectivity index (χ0v) is 19.7. The lowest BCUT2D eigenvalue weighted by Gasteiger charge is -2.29. The van der Waals surface area contributed by atoms with Gasteiger partial charge in [0.05, 0.1) is 11.6 Å². The van der Waals surface area contributed by atoms with Crippen LogP contribution in [0, 0.1) is 5.82 Å². The molecule has 1 aromatic heterocycles. The molecule has 188 valence electrons. The van der Waals surface area contributed by atoms with Crippen molar-refractivity contribution < 1.29 is 28.1 Å². The molecule has 9 heteroatoms. The molecule has 35 heavy (non-hydrogen) atoms. The summed E-state index contributed by atoms with van der Waals surface area (Å²) in [5.74, 6) is -0.381. The summed E-state index contributed by atoms with van der Waals surface area (Å²) in [6.45, 7) is 4.53. The number of nitrogens with zero attached hydrogens (tertiary/aromatic N) is 2. The van der Waals surface area contributed by atoms with Crippen molar-refractivity contribution in [2.75, 3.05) is 6.54 Å². The lowest BCUT2D eigenvalue weighted by atomic mass is 9.89. The van der Waals surface area contributed by atoms with Crippen molar-refractivity contribution in [1.82, 2.24) is 9.88 Å². The van der Waals surface area contributed by atoms with E-state index in [1.165, 1.54) is 0 Å². The van der Waals surface area contributed by atoms with Gasteiger partial charge in [-0.25, -0.2) is 18.2 Å². The van der Waals surface area contributed by atoms with Gasteiger partial charge in [-0.1, -0.05) is 13.0 Å². The first kappa shape index (κ1) is 24.1. The van der Waals surface area contributed by atoms with E-state index in [1.807, 2.05) is 30.0 Å². The number of rotatable bonds is 4. The third-order valence-electron chi connectivity index (χ3n) is 7.39. The number of ether oxygens (including phenoxy) is 1. The van der Waals surface area contributed by atoms with Gasteiger partial charge in [0.2, 0.25) is 0 Å². The van der Waals surface area contributed by atoms with Gasteiger partial charge in [-0.3, -0.25) is 0 Å². The van der Waals surface area contributed by atoms with Crippen LogP contribution in [0.5, 0.6) is 5.75 Å². The maximum Gasteiger partial charge on any atom is 0.266 e. The zero-order valence-electron chi connectivity index (χ0n) is 19.7. The highest BCUT2D eigenvalue weighted by molar-refractivity contribution is 5.77. The Bertz CT molecular complexity index is 1180. The molecule has 0 bridgehead atoms. The Kier molecular flexibility index (Phi) is 6.50. The van der Waals surface area contributed by atoms with Crippen molar-refractivity contribution in [3.05, 3.63) is 52.5 Å². The molecule has 5 unspecified atom stereocenters. The topological polar surface area (TPSA) is 79.0 Å². The van der Waals surface area contributed by atoms with Crippen LogP contribution >= 0.6 is 0 Å². The van der Waals surface area contributed by atoms with Gasteiger partial charge in [-0.05, 0) is 43.4 Å². The number of allylic oxidation sites excluding steroid dienone is 2. The molecule has 3 N–H and O–H groups in total. The molecule has 0 saturated heterocycles. The quantitative estimate of drug-likeness (QED) is 0.577. The van der Waals surface area contributed by atoms with Gasteiger partial charge < -0.3 is 24.8 Å². The second kappa shape index (κ2) is 9.44. The van der Waals surface area contributed by atoms with Crippen LogP contribution in [-0.4, -0.2) is 45.9 Å². The number of halogens is 3.